The molecule has 1 unspecified atom stereocenters. The summed E-state index contributed by atoms with van der Waals surface area (Å²) in [6, 6.07) is 10.6. The summed E-state index contributed by atoms with van der Waals surface area (Å²) in [7, 11) is 0. The topological polar surface area (TPSA) is 90.7 Å². The first-order valence-corrected chi connectivity index (χ1v) is 7.45. The molecule has 0 aliphatic heterocycles. The average Bonchev–Trinajstić information content (AvgIpc) is 2.54. The van der Waals surface area contributed by atoms with Crippen LogP contribution in [0.5, 0.6) is 0 Å². The van der Waals surface area contributed by atoms with Crippen LogP contribution in [0.25, 0.3) is 0 Å². The van der Waals surface area contributed by atoms with Crippen LogP contribution in [-0.2, 0) is 0 Å². The van der Waals surface area contributed by atoms with E-state index < -0.39 is 0 Å². The highest BCUT2D eigenvalue weighted by atomic mass is 16.1. The molecule has 1 amide bonds. The minimum atomic E-state index is -0.313. The van der Waals surface area contributed by atoms with Crippen LogP contribution in [0.3, 0.4) is 0 Å². The Balaban J connectivity index is 2.16. The molecule has 0 bridgehead atoms. The molecule has 0 aliphatic rings. The van der Waals surface area contributed by atoms with Crippen LogP contribution in [-0.4, -0.2) is 21.9 Å². The number of nitrogens with zero attached hydrogens (tertiary/aromatic N) is 3. The van der Waals surface area contributed by atoms with Crippen molar-refractivity contribution in [3.05, 3.63) is 47.4 Å². The molecule has 118 valence electrons. The summed E-state index contributed by atoms with van der Waals surface area (Å²) in [6.07, 6.45) is 0.954. The molecule has 2 aromatic rings. The Morgan fingerprint density at radius 2 is 2.00 bits per heavy atom. The van der Waals surface area contributed by atoms with Crippen LogP contribution in [0.15, 0.2) is 30.3 Å². The maximum atomic E-state index is 12.3. The third-order valence-corrected chi connectivity index (χ3v) is 3.35. The molecule has 0 fully saturated rings. The van der Waals surface area contributed by atoms with Gasteiger partial charge in [0.1, 0.15) is 17.3 Å². The summed E-state index contributed by atoms with van der Waals surface area (Å²) in [5, 5.41) is 14.8. The molecular weight excluding hydrogens is 290 g/mol. The fraction of sp³-hybridized carbons (Fsp3) is 0.294. The predicted octanol–water partition coefficient (Wildman–Crippen LogP) is 3.12. The smallest absolute Gasteiger partial charge is 0.274 e. The van der Waals surface area contributed by atoms with Crippen molar-refractivity contribution in [2.75, 3.05) is 10.6 Å². The number of nitrogens with one attached hydrogen (secondary N) is 2. The minimum Gasteiger partial charge on any atom is -0.368 e. The van der Waals surface area contributed by atoms with E-state index in [0.29, 0.717) is 28.6 Å². The van der Waals surface area contributed by atoms with E-state index in [1.165, 1.54) is 0 Å². The van der Waals surface area contributed by atoms with Crippen LogP contribution in [0.4, 0.5) is 11.5 Å². The first kappa shape index (κ1) is 16.4. The van der Waals surface area contributed by atoms with Gasteiger partial charge in [-0.25, -0.2) is 9.97 Å². The zero-order valence-electron chi connectivity index (χ0n) is 13.4. The summed E-state index contributed by atoms with van der Waals surface area (Å²) in [6.45, 7) is 5.87. The second-order valence-corrected chi connectivity index (χ2v) is 5.28. The Kier molecular flexibility index (Phi) is 5.26. The van der Waals surface area contributed by atoms with Gasteiger partial charge in [0.25, 0.3) is 5.91 Å². The van der Waals surface area contributed by atoms with E-state index in [1.54, 1.807) is 37.3 Å². The number of carbonyl (C=O) groups excluding carboxylic acids is 1. The molecule has 1 atom stereocenters. The molecule has 0 radical (unpaired) electrons. The summed E-state index contributed by atoms with van der Waals surface area (Å²) in [4.78, 5) is 20.8. The van der Waals surface area contributed by atoms with Gasteiger partial charge in [0.05, 0.1) is 11.6 Å². The molecule has 23 heavy (non-hydrogen) atoms. The summed E-state index contributed by atoms with van der Waals surface area (Å²) in [5.41, 5.74) is 1.45. The third kappa shape index (κ3) is 4.51. The minimum absolute atomic E-state index is 0.263. The number of benzene rings is 1. The highest BCUT2D eigenvalue weighted by Crippen LogP contribution is 2.13. The average molecular weight is 309 g/mol. The van der Waals surface area contributed by atoms with Crippen LogP contribution < -0.4 is 10.6 Å². The molecule has 6 nitrogen and oxygen atoms in total. The molecule has 1 aromatic carbocycles. The van der Waals surface area contributed by atoms with Crippen molar-refractivity contribution < 1.29 is 4.79 Å². The number of aromatic nitrogens is 2. The number of rotatable bonds is 5. The number of carbonyl (C=O) groups is 1. The zero-order chi connectivity index (χ0) is 16.8. The predicted molar refractivity (Wildman–Crippen MR) is 89.3 cm³/mol. The lowest BCUT2D eigenvalue weighted by atomic mass is 10.2. The van der Waals surface area contributed by atoms with Crippen molar-refractivity contribution in [3.8, 4) is 6.07 Å². The molecule has 0 spiro atoms. The van der Waals surface area contributed by atoms with Crippen LogP contribution in [0.2, 0.25) is 0 Å². The number of hydrogen-bond donors (Lipinski definition) is 2. The monoisotopic (exact) mass is 309 g/mol. The second-order valence-electron chi connectivity index (χ2n) is 5.28. The van der Waals surface area contributed by atoms with Gasteiger partial charge in [-0.2, -0.15) is 5.26 Å². The molecule has 6 heteroatoms. The fourth-order valence-corrected chi connectivity index (χ4v) is 1.94. The summed E-state index contributed by atoms with van der Waals surface area (Å²) < 4.78 is 0. The Labute approximate surface area is 135 Å². The van der Waals surface area contributed by atoms with E-state index in [4.69, 9.17) is 5.26 Å². The molecular formula is C17H19N5O. The van der Waals surface area contributed by atoms with Crippen molar-refractivity contribution in [2.24, 2.45) is 0 Å². The van der Waals surface area contributed by atoms with Crippen molar-refractivity contribution >= 4 is 17.4 Å². The highest BCUT2D eigenvalue weighted by molar-refractivity contribution is 6.03. The molecule has 1 aromatic heterocycles. The first-order chi connectivity index (χ1) is 11.0. The van der Waals surface area contributed by atoms with Gasteiger partial charge in [0.2, 0.25) is 0 Å². The summed E-state index contributed by atoms with van der Waals surface area (Å²) in [5.74, 6) is 0.854. The first-order valence-electron chi connectivity index (χ1n) is 7.45. The van der Waals surface area contributed by atoms with E-state index in [0.717, 1.165) is 6.42 Å². The second kappa shape index (κ2) is 7.36. The quantitative estimate of drug-likeness (QED) is 0.885. The number of anilines is 2. The lowest BCUT2D eigenvalue weighted by Crippen LogP contribution is -2.18. The number of amides is 1. The maximum Gasteiger partial charge on any atom is 0.274 e. The molecule has 0 saturated carbocycles. The van der Waals surface area contributed by atoms with Crippen molar-refractivity contribution in [1.29, 1.82) is 5.26 Å². The van der Waals surface area contributed by atoms with Gasteiger partial charge in [-0.1, -0.05) is 6.92 Å². The maximum absolute atomic E-state index is 12.3. The molecule has 0 aliphatic carbocycles. The SMILES string of the molecule is CCC(C)Nc1cc(C(=O)Nc2ccc(C#N)cc2)nc(C)n1. The van der Waals surface area contributed by atoms with Gasteiger partial charge in [-0.15, -0.1) is 0 Å². The van der Waals surface area contributed by atoms with Gasteiger partial charge in [-0.3, -0.25) is 4.79 Å². The van der Waals surface area contributed by atoms with Gasteiger partial charge >= 0.3 is 0 Å². The number of hydrogen-bond acceptors (Lipinski definition) is 5. The summed E-state index contributed by atoms with van der Waals surface area (Å²) >= 11 is 0. The Hall–Kier alpha value is -2.94. The normalized spacial score (nSPS) is 11.4. The van der Waals surface area contributed by atoms with E-state index in [-0.39, 0.29) is 11.9 Å². The number of nitriles is 1. The van der Waals surface area contributed by atoms with Gasteiger partial charge in [0, 0.05) is 17.8 Å². The largest absolute Gasteiger partial charge is 0.368 e. The lowest BCUT2D eigenvalue weighted by Gasteiger charge is -2.13. The fourth-order valence-electron chi connectivity index (χ4n) is 1.94. The molecule has 2 N–H and O–H groups in total. The van der Waals surface area contributed by atoms with E-state index in [1.807, 2.05) is 13.0 Å². The van der Waals surface area contributed by atoms with E-state index in [9.17, 15) is 4.79 Å². The van der Waals surface area contributed by atoms with Gasteiger partial charge < -0.3 is 10.6 Å². The van der Waals surface area contributed by atoms with Gasteiger partial charge in [0.15, 0.2) is 0 Å². The Morgan fingerprint density at radius 1 is 1.30 bits per heavy atom. The van der Waals surface area contributed by atoms with Crippen LogP contribution in [0, 0.1) is 18.3 Å². The van der Waals surface area contributed by atoms with Gasteiger partial charge in [-0.05, 0) is 44.5 Å². The Morgan fingerprint density at radius 3 is 2.61 bits per heavy atom. The lowest BCUT2D eigenvalue weighted by molar-refractivity contribution is 0.102. The van der Waals surface area contributed by atoms with E-state index >= 15 is 0 Å². The van der Waals surface area contributed by atoms with Crippen molar-refractivity contribution in [3.63, 3.8) is 0 Å². The Bertz CT molecular complexity index is 734. The van der Waals surface area contributed by atoms with Crippen LogP contribution in [0.1, 0.15) is 42.1 Å². The van der Waals surface area contributed by atoms with E-state index in [2.05, 4.69) is 27.5 Å². The number of aryl methyl sites for hydroxylation is 1. The van der Waals surface area contributed by atoms with Crippen molar-refractivity contribution in [1.82, 2.24) is 9.97 Å². The standard InChI is InChI=1S/C17H19N5O/c1-4-11(2)19-16-9-15(20-12(3)21-16)17(23)22-14-7-5-13(10-18)6-8-14/h5-9,11H,4H2,1-3H3,(H,22,23)(H,19,20,21). The molecule has 0 saturated heterocycles. The van der Waals surface area contributed by atoms with Crippen LogP contribution >= 0.6 is 0 Å². The zero-order valence-corrected chi connectivity index (χ0v) is 13.4. The highest BCUT2D eigenvalue weighted by Gasteiger charge is 2.12. The molecule has 2 rings (SSSR count). The third-order valence-electron chi connectivity index (χ3n) is 3.35. The van der Waals surface area contributed by atoms with Crippen molar-refractivity contribution in [2.45, 2.75) is 33.2 Å². The molecule has 1 heterocycles.